The third-order valence-electron chi connectivity index (χ3n) is 2.55. The minimum Gasteiger partial charge on any atom is -0.480 e. The molecule has 1 aromatic rings. The summed E-state index contributed by atoms with van der Waals surface area (Å²) in [4.78, 5) is 11.8. The van der Waals surface area contributed by atoms with Crippen molar-refractivity contribution in [3.63, 3.8) is 0 Å². The largest absolute Gasteiger partial charge is 0.514 e. The van der Waals surface area contributed by atoms with E-state index in [4.69, 9.17) is 18.8 Å². The van der Waals surface area contributed by atoms with Crippen molar-refractivity contribution in [3.8, 4) is 11.5 Å². The molecule has 1 unspecified atom stereocenters. The van der Waals surface area contributed by atoms with Gasteiger partial charge in [-0.3, -0.25) is 4.55 Å². The topological polar surface area (TPSA) is 99.1 Å². The molecule has 0 saturated heterocycles. The lowest BCUT2D eigenvalue weighted by atomic mass is 10.2. The molecule has 0 radical (unpaired) electrons. The van der Waals surface area contributed by atoms with E-state index in [0.29, 0.717) is 0 Å². The van der Waals surface area contributed by atoms with Crippen LogP contribution in [0.3, 0.4) is 0 Å². The first-order valence-electron chi connectivity index (χ1n) is 7.06. The van der Waals surface area contributed by atoms with Gasteiger partial charge in [-0.2, -0.15) is 21.6 Å². The quantitative estimate of drug-likeness (QED) is 0.221. The molecule has 1 N–H and O–H groups in total. The first-order chi connectivity index (χ1) is 12.0. The highest BCUT2D eigenvalue weighted by molar-refractivity contribution is 14.1. The number of rotatable bonds is 5. The second-order valence-corrected chi connectivity index (χ2v) is 10.0. The fourth-order valence-electron chi connectivity index (χ4n) is 1.61. The number of ether oxygens (including phenoxy) is 3. The fourth-order valence-corrected chi connectivity index (χ4v) is 4.18. The molecule has 0 aliphatic rings. The first-order valence-corrected chi connectivity index (χ1v) is 10.8. The molecule has 0 aliphatic carbocycles. The van der Waals surface area contributed by atoms with E-state index in [1.54, 1.807) is 66.0 Å². The third-order valence-corrected chi connectivity index (χ3v) is 4.88. The van der Waals surface area contributed by atoms with E-state index in [0.717, 1.165) is 12.1 Å². The smallest absolute Gasteiger partial charge is 0.480 e. The Bertz CT molecular complexity index is 781. The predicted molar refractivity (Wildman–Crippen MR) is 106 cm³/mol. The summed E-state index contributed by atoms with van der Waals surface area (Å²) in [6.07, 6.45) is -8.79. The second-order valence-electron chi connectivity index (χ2n) is 6.18. The zero-order chi connectivity index (χ0) is 21.2. The van der Waals surface area contributed by atoms with Gasteiger partial charge in [-0.1, -0.05) is 0 Å². The van der Waals surface area contributed by atoms with Crippen molar-refractivity contribution in [1.29, 1.82) is 0 Å². The van der Waals surface area contributed by atoms with Crippen molar-refractivity contribution in [2.45, 2.75) is 38.7 Å². The molecule has 27 heavy (non-hydrogen) atoms. The Morgan fingerprint density at radius 1 is 1.19 bits per heavy atom. The monoisotopic (exact) mass is 638 g/mol. The van der Waals surface area contributed by atoms with Crippen molar-refractivity contribution in [2.24, 2.45) is 0 Å². The van der Waals surface area contributed by atoms with Crippen molar-refractivity contribution in [2.75, 3.05) is 5.75 Å². The summed E-state index contributed by atoms with van der Waals surface area (Å²) in [6, 6.07) is 2.26. The zero-order valence-corrected chi connectivity index (χ0v) is 19.3. The van der Waals surface area contributed by atoms with Gasteiger partial charge in [0.2, 0.25) is 6.10 Å². The second kappa shape index (κ2) is 8.86. The molecule has 7 nitrogen and oxygen atoms in total. The van der Waals surface area contributed by atoms with E-state index in [9.17, 15) is 26.4 Å². The molecule has 0 spiro atoms. The van der Waals surface area contributed by atoms with Crippen LogP contribution in [0.5, 0.6) is 11.5 Å². The van der Waals surface area contributed by atoms with Gasteiger partial charge in [0.15, 0.2) is 5.75 Å². The lowest BCUT2D eigenvalue weighted by Gasteiger charge is -2.22. The normalized spacial score (nSPS) is 13.8. The molecule has 0 saturated carbocycles. The Balaban J connectivity index is 3.07. The van der Waals surface area contributed by atoms with E-state index >= 15 is 0 Å². The van der Waals surface area contributed by atoms with E-state index < -0.39 is 39.9 Å². The molecule has 0 heterocycles. The Morgan fingerprint density at radius 2 is 1.67 bits per heavy atom. The molecule has 1 aromatic carbocycles. The molecule has 13 heteroatoms. The van der Waals surface area contributed by atoms with Crippen LogP contribution in [-0.2, 0) is 14.9 Å². The van der Waals surface area contributed by atoms with Gasteiger partial charge in [0.25, 0.3) is 10.1 Å². The van der Waals surface area contributed by atoms with Crippen LogP contribution >= 0.6 is 45.2 Å². The first kappa shape index (κ1) is 24.5. The Morgan fingerprint density at radius 3 is 2.04 bits per heavy atom. The highest BCUT2D eigenvalue weighted by Gasteiger charge is 2.44. The minimum atomic E-state index is -5.03. The highest BCUT2D eigenvalue weighted by Crippen LogP contribution is 2.34. The number of benzene rings is 1. The number of alkyl halides is 3. The average Bonchev–Trinajstić information content (AvgIpc) is 2.37. The van der Waals surface area contributed by atoms with Crippen molar-refractivity contribution < 1.29 is 45.1 Å². The van der Waals surface area contributed by atoms with Crippen molar-refractivity contribution in [1.82, 2.24) is 0 Å². The predicted octanol–water partition coefficient (Wildman–Crippen LogP) is 4.41. The van der Waals surface area contributed by atoms with E-state index in [2.05, 4.69) is 0 Å². The van der Waals surface area contributed by atoms with Gasteiger partial charge in [-0.15, -0.1) is 0 Å². The Kier molecular flexibility index (Phi) is 8.03. The molecular formula is C14H15F3I2O7S. The van der Waals surface area contributed by atoms with Crippen LogP contribution in [0, 0.1) is 7.14 Å². The summed E-state index contributed by atoms with van der Waals surface area (Å²) in [6.45, 7) is 4.90. The summed E-state index contributed by atoms with van der Waals surface area (Å²) < 4.78 is 84.4. The van der Waals surface area contributed by atoms with E-state index in [1.165, 1.54) is 0 Å². The summed E-state index contributed by atoms with van der Waals surface area (Å²) >= 11 is 3.42. The molecule has 154 valence electrons. The number of halogens is 5. The molecular weight excluding hydrogens is 623 g/mol. The number of hydrogen-bond acceptors (Lipinski definition) is 6. The highest BCUT2D eigenvalue weighted by atomic mass is 127. The van der Waals surface area contributed by atoms with Crippen LogP contribution in [0.4, 0.5) is 18.0 Å². The average molecular weight is 638 g/mol. The zero-order valence-electron chi connectivity index (χ0n) is 14.1. The third kappa shape index (κ3) is 8.99. The summed E-state index contributed by atoms with van der Waals surface area (Å²) in [5, 5.41) is 0. The van der Waals surface area contributed by atoms with Gasteiger partial charge in [-0.25, -0.2) is 4.79 Å². The number of hydrogen-bond donors (Lipinski definition) is 1. The fraction of sp³-hybridized carbons (Fsp3) is 0.500. The SMILES string of the molecule is CC(C)(C)OC(=O)Oc1c(I)cc(OC(CS(=O)(=O)O)C(F)(F)F)cc1I. The van der Waals surface area contributed by atoms with Gasteiger partial charge >= 0.3 is 12.3 Å². The summed E-state index contributed by atoms with van der Waals surface area (Å²) in [7, 11) is -4.92. The lowest BCUT2D eigenvalue weighted by Crippen LogP contribution is -2.40. The molecule has 0 fully saturated rings. The molecule has 0 bridgehead atoms. The summed E-state index contributed by atoms with van der Waals surface area (Å²) in [5.41, 5.74) is -0.799. The minimum absolute atomic E-state index is 0.0520. The van der Waals surface area contributed by atoms with Crippen molar-refractivity contribution in [3.05, 3.63) is 19.3 Å². The Hall–Kier alpha value is -0.550. The van der Waals surface area contributed by atoms with Gasteiger partial charge in [-0.05, 0) is 78.1 Å². The Labute approximate surface area is 181 Å². The van der Waals surface area contributed by atoms with Crippen LogP contribution in [0.2, 0.25) is 0 Å². The molecule has 1 rings (SSSR count). The molecule has 0 amide bonds. The maximum Gasteiger partial charge on any atom is 0.514 e. The maximum atomic E-state index is 13.0. The molecule has 0 aliphatic heterocycles. The van der Waals surface area contributed by atoms with E-state index in [-0.39, 0.29) is 18.6 Å². The van der Waals surface area contributed by atoms with Crippen LogP contribution in [-0.4, -0.2) is 42.8 Å². The summed E-state index contributed by atoms with van der Waals surface area (Å²) in [5.74, 6) is -1.91. The van der Waals surface area contributed by atoms with Gasteiger partial charge in [0, 0.05) is 0 Å². The van der Waals surface area contributed by atoms with Gasteiger partial charge < -0.3 is 14.2 Å². The van der Waals surface area contributed by atoms with Crippen molar-refractivity contribution >= 4 is 61.5 Å². The number of carbonyl (C=O) groups is 1. The van der Waals surface area contributed by atoms with Crippen LogP contribution in [0.15, 0.2) is 12.1 Å². The van der Waals surface area contributed by atoms with Crippen LogP contribution < -0.4 is 9.47 Å². The molecule has 0 aromatic heterocycles. The molecule has 1 atom stereocenters. The van der Waals surface area contributed by atoms with Crippen LogP contribution in [0.1, 0.15) is 20.8 Å². The van der Waals surface area contributed by atoms with E-state index in [1.807, 2.05) is 0 Å². The lowest BCUT2D eigenvalue weighted by molar-refractivity contribution is -0.188. The number of carbonyl (C=O) groups excluding carboxylic acids is 1. The van der Waals surface area contributed by atoms with Crippen LogP contribution in [0.25, 0.3) is 0 Å². The standard InChI is InChI=1S/C14H15F3I2O7S/c1-13(2,3)26-12(20)25-11-8(18)4-7(5-9(11)19)24-10(14(15,16)17)6-27(21,22)23/h4-5,10H,6H2,1-3H3,(H,21,22,23). The maximum absolute atomic E-state index is 13.0. The van der Waals surface area contributed by atoms with Gasteiger partial charge in [0.1, 0.15) is 17.1 Å². The van der Waals surface area contributed by atoms with Gasteiger partial charge in [0.05, 0.1) is 7.14 Å².